The topological polar surface area (TPSA) is 66.5 Å². The molecular formula is C24H25BrN2O3S. The van der Waals surface area contributed by atoms with Crippen LogP contribution in [-0.2, 0) is 27.7 Å². The Balaban J connectivity index is 1.68. The van der Waals surface area contributed by atoms with Gasteiger partial charge in [0.25, 0.3) is 0 Å². The minimum absolute atomic E-state index is 0.167. The van der Waals surface area contributed by atoms with Crippen LogP contribution >= 0.6 is 15.9 Å². The third-order valence-corrected chi connectivity index (χ3v) is 7.23. The zero-order chi connectivity index (χ0) is 22.1. The van der Waals surface area contributed by atoms with Crippen molar-refractivity contribution in [1.29, 1.82) is 0 Å². The molecule has 0 aliphatic carbocycles. The van der Waals surface area contributed by atoms with Crippen molar-refractivity contribution in [2.75, 3.05) is 19.6 Å². The number of nitrogens with zero attached hydrogens (tertiary/aromatic N) is 1. The van der Waals surface area contributed by atoms with Gasteiger partial charge in [-0.1, -0.05) is 76.6 Å². The van der Waals surface area contributed by atoms with Crippen LogP contribution in [0.2, 0.25) is 0 Å². The summed E-state index contributed by atoms with van der Waals surface area (Å²) in [5.41, 5.74) is 2.13. The minimum atomic E-state index is -3.81. The van der Waals surface area contributed by atoms with E-state index in [1.807, 2.05) is 60.7 Å². The first-order chi connectivity index (χ1) is 14.9. The van der Waals surface area contributed by atoms with Gasteiger partial charge in [-0.2, -0.15) is 4.31 Å². The van der Waals surface area contributed by atoms with Crippen LogP contribution in [0, 0.1) is 0 Å². The molecule has 0 radical (unpaired) electrons. The molecule has 0 saturated heterocycles. The lowest BCUT2D eigenvalue weighted by atomic mass is 10.1. The Morgan fingerprint density at radius 1 is 0.806 bits per heavy atom. The van der Waals surface area contributed by atoms with Crippen molar-refractivity contribution in [3.05, 3.63) is 101 Å². The fourth-order valence-electron chi connectivity index (χ4n) is 3.15. The van der Waals surface area contributed by atoms with Crippen LogP contribution in [0.15, 0.2) is 94.3 Å². The van der Waals surface area contributed by atoms with Crippen molar-refractivity contribution in [2.24, 2.45) is 0 Å². The van der Waals surface area contributed by atoms with Crippen LogP contribution in [0.1, 0.15) is 11.1 Å². The van der Waals surface area contributed by atoms with Crippen molar-refractivity contribution >= 4 is 31.9 Å². The third-order valence-electron chi connectivity index (χ3n) is 4.84. The first-order valence-corrected chi connectivity index (χ1v) is 12.3. The molecular weight excluding hydrogens is 476 g/mol. The maximum Gasteiger partial charge on any atom is 0.243 e. The number of halogens is 1. The average Bonchev–Trinajstić information content (AvgIpc) is 2.78. The first kappa shape index (κ1) is 23.2. The summed E-state index contributed by atoms with van der Waals surface area (Å²) < 4.78 is 28.5. The molecule has 5 nitrogen and oxygen atoms in total. The number of hydrogen-bond acceptors (Lipinski definition) is 3. The maximum absolute atomic E-state index is 13.2. The van der Waals surface area contributed by atoms with E-state index in [1.165, 1.54) is 4.31 Å². The van der Waals surface area contributed by atoms with E-state index in [0.717, 1.165) is 15.6 Å². The molecule has 0 aliphatic heterocycles. The highest BCUT2D eigenvalue weighted by Gasteiger charge is 2.26. The predicted octanol–water partition coefficient (Wildman–Crippen LogP) is 4.04. The van der Waals surface area contributed by atoms with Crippen LogP contribution in [0.5, 0.6) is 0 Å². The van der Waals surface area contributed by atoms with Crippen molar-refractivity contribution in [3.63, 3.8) is 0 Å². The largest absolute Gasteiger partial charge is 0.355 e. The summed E-state index contributed by atoms with van der Waals surface area (Å²) in [4.78, 5) is 12.7. The summed E-state index contributed by atoms with van der Waals surface area (Å²) in [5, 5.41) is 2.84. The van der Waals surface area contributed by atoms with Crippen LogP contribution in [0.25, 0.3) is 0 Å². The smallest absolute Gasteiger partial charge is 0.243 e. The summed E-state index contributed by atoms with van der Waals surface area (Å²) in [6.45, 7) is 0.447. The van der Waals surface area contributed by atoms with Crippen LogP contribution in [0.3, 0.4) is 0 Å². The minimum Gasteiger partial charge on any atom is -0.355 e. The van der Waals surface area contributed by atoms with E-state index in [1.54, 1.807) is 24.3 Å². The van der Waals surface area contributed by atoms with Gasteiger partial charge in [-0.15, -0.1) is 0 Å². The van der Waals surface area contributed by atoms with E-state index in [9.17, 15) is 13.2 Å². The molecule has 1 N–H and O–H groups in total. The molecule has 7 heteroatoms. The van der Waals surface area contributed by atoms with Gasteiger partial charge in [0.1, 0.15) is 0 Å². The highest BCUT2D eigenvalue weighted by atomic mass is 79.9. The number of hydrogen-bond donors (Lipinski definition) is 1. The molecule has 0 heterocycles. The number of rotatable bonds is 10. The summed E-state index contributed by atoms with van der Waals surface area (Å²) in [6.07, 6.45) is 1.21. The number of carbonyl (C=O) groups excluding carboxylic acids is 1. The summed E-state index contributed by atoms with van der Waals surface area (Å²) in [5.74, 6) is -0.315. The quantitative estimate of drug-likeness (QED) is 0.456. The van der Waals surface area contributed by atoms with E-state index in [-0.39, 0.29) is 23.9 Å². The van der Waals surface area contributed by atoms with Crippen molar-refractivity contribution in [1.82, 2.24) is 9.62 Å². The molecule has 1 amide bonds. The fourth-order valence-corrected chi connectivity index (χ4v) is 4.81. The molecule has 0 bridgehead atoms. The van der Waals surface area contributed by atoms with E-state index in [4.69, 9.17) is 0 Å². The Kier molecular flexibility index (Phi) is 8.40. The van der Waals surface area contributed by atoms with E-state index in [0.29, 0.717) is 19.4 Å². The predicted molar refractivity (Wildman–Crippen MR) is 126 cm³/mol. The molecule has 3 aromatic rings. The highest BCUT2D eigenvalue weighted by molar-refractivity contribution is 9.10. The second-order valence-corrected chi connectivity index (χ2v) is 9.97. The Hall–Kier alpha value is -2.48. The lowest BCUT2D eigenvalue weighted by molar-refractivity contribution is -0.121. The van der Waals surface area contributed by atoms with E-state index in [2.05, 4.69) is 21.2 Å². The molecule has 162 valence electrons. The lowest BCUT2D eigenvalue weighted by Crippen LogP contribution is -2.42. The molecule has 0 aliphatic rings. The van der Waals surface area contributed by atoms with E-state index < -0.39 is 10.0 Å². The van der Waals surface area contributed by atoms with Gasteiger partial charge in [-0.3, -0.25) is 4.79 Å². The molecule has 0 fully saturated rings. The molecule has 0 unspecified atom stereocenters. The Labute approximate surface area is 192 Å². The van der Waals surface area contributed by atoms with E-state index >= 15 is 0 Å². The molecule has 0 atom stereocenters. The Morgan fingerprint density at radius 3 is 1.94 bits per heavy atom. The van der Waals surface area contributed by atoms with Gasteiger partial charge in [0.15, 0.2) is 0 Å². The molecule has 3 rings (SSSR count). The summed E-state index contributed by atoms with van der Waals surface area (Å²) >= 11 is 3.33. The van der Waals surface area contributed by atoms with Crippen LogP contribution in [0.4, 0.5) is 0 Å². The molecule has 31 heavy (non-hydrogen) atoms. The molecule has 0 saturated carbocycles. The number of carbonyl (C=O) groups is 1. The van der Waals surface area contributed by atoms with Gasteiger partial charge in [0.05, 0.1) is 11.4 Å². The van der Waals surface area contributed by atoms with Gasteiger partial charge in [-0.05, 0) is 48.2 Å². The monoisotopic (exact) mass is 500 g/mol. The standard InChI is InChI=1S/C24H25BrN2O3S/c25-22-11-13-23(14-12-22)31(29,30)27(18-16-21-9-5-2-6-10-21)19-24(28)26-17-15-20-7-3-1-4-8-20/h1-14H,15-19H2,(H,26,28). The highest BCUT2D eigenvalue weighted by Crippen LogP contribution is 2.19. The summed E-state index contributed by atoms with van der Waals surface area (Å²) in [6, 6.07) is 25.9. The van der Waals surface area contributed by atoms with Gasteiger partial charge < -0.3 is 5.32 Å². The van der Waals surface area contributed by atoms with Crippen molar-refractivity contribution in [2.45, 2.75) is 17.7 Å². The van der Waals surface area contributed by atoms with Crippen molar-refractivity contribution < 1.29 is 13.2 Å². The number of nitrogens with one attached hydrogen (secondary N) is 1. The van der Waals surface area contributed by atoms with Gasteiger partial charge >= 0.3 is 0 Å². The molecule has 0 aromatic heterocycles. The normalized spacial score (nSPS) is 11.4. The zero-order valence-corrected chi connectivity index (χ0v) is 19.5. The summed E-state index contributed by atoms with van der Waals surface area (Å²) in [7, 11) is -3.81. The maximum atomic E-state index is 13.2. The van der Waals surface area contributed by atoms with Gasteiger partial charge in [0.2, 0.25) is 15.9 Å². The second kappa shape index (κ2) is 11.2. The van der Waals surface area contributed by atoms with Crippen molar-refractivity contribution in [3.8, 4) is 0 Å². The molecule has 3 aromatic carbocycles. The molecule has 0 spiro atoms. The Bertz CT molecular complexity index is 1070. The first-order valence-electron chi connectivity index (χ1n) is 10.1. The number of sulfonamides is 1. The fraction of sp³-hybridized carbons (Fsp3) is 0.208. The zero-order valence-electron chi connectivity index (χ0n) is 17.1. The second-order valence-electron chi connectivity index (χ2n) is 7.11. The van der Waals surface area contributed by atoms with Crippen LogP contribution in [-0.4, -0.2) is 38.3 Å². The Morgan fingerprint density at radius 2 is 1.35 bits per heavy atom. The SMILES string of the molecule is O=C(CN(CCc1ccccc1)S(=O)(=O)c1ccc(Br)cc1)NCCc1ccccc1. The third kappa shape index (κ3) is 7.02. The van der Waals surface area contributed by atoms with Gasteiger partial charge in [-0.25, -0.2) is 8.42 Å². The van der Waals surface area contributed by atoms with Crippen LogP contribution < -0.4 is 5.32 Å². The average molecular weight is 501 g/mol. The lowest BCUT2D eigenvalue weighted by Gasteiger charge is -2.22. The number of benzene rings is 3. The van der Waals surface area contributed by atoms with Gasteiger partial charge in [0, 0.05) is 17.6 Å². The number of amides is 1.